The number of carbonyl (C=O) groups excluding carboxylic acids is 1. The van der Waals surface area contributed by atoms with Crippen molar-refractivity contribution < 1.29 is 14.6 Å². The Balaban J connectivity index is 1.47. The quantitative estimate of drug-likeness (QED) is 0.440. The van der Waals surface area contributed by atoms with Crippen molar-refractivity contribution in [1.29, 1.82) is 0 Å². The monoisotopic (exact) mass is 528 g/mol. The van der Waals surface area contributed by atoms with Crippen molar-refractivity contribution in [3.63, 3.8) is 0 Å². The maximum absolute atomic E-state index is 12.7. The second kappa shape index (κ2) is 11.2. The van der Waals surface area contributed by atoms with Gasteiger partial charge in [0.2, 0.25) is 0 Å². The molecule has 0 unspecified atom stereocenters. The number of benzene rings is 3. The molecule has 172 valence electrons. The Hall–Kier alpha value is -2.38. The normalized spacial score (nSPS) is 18.0. The molecule has 3 aromatic carbocycles. The summed E-state index contributed by atoms with van der Waals surface area (Å²) in [6.45, 7) is 2.07. The van der Waals surface area contributed by atoms with Crippen LogP contribution in [0.4, 0.5) is 4.79 Å². The predicted octanol–water partition coefficient (Wildman–Crippen LogP) is 5.49. The van der Waals surface area contributed by atoms with Crippen molar-refractivity contribution in [2.45, 2.75) is 31.8 Å². The number of aliphatic hydroxyl groups excluding tert-OH is 1. The molecule has 4 rings (SSSR count). The minimum absolute atomic E-state index is 0.210. The van der Waals surface area contributed by atoms with Crippen LogP contribution < -0.4 is 0 Å². The van der Waals surface area contributed by atoms with Crippen LogP contribution >= 0.6 is 27.5 Å². The van der Waals surface area contributed by atoms with E-state index in [0.717, 1.165) is 21.2 Å². The molecular formula is C26H26BrClN2O3. The Morgan fingerprint density at radius 3 is 2.33 bits per heavy atom. The average molecular weight is 530 g/mol. The van der Waals surface area contributed by atoms with Crippen LogP contribution in [-0.4, -0.2) is 46.2 Å². The molecule has 0 bridgehead atoms. The topological polar surface area (TPSA) is 53.0 Å². The van der Waals surface area contributed by atoms with Crippen LogP contribution in [0.1, 0.15) is 16.7 Å². The Bertz CT molecular complexity index is 1030. The molecule has 1 N–H and O–H groups in total. The van der Waals surface area contributed by atoms with Gasteiger partial charge in [-0.2, -0.15) is 0 Å². The fourth-order valence-corrected chi connectivity index (χ4v) is 4.78. The molecule has 1 aliphatic heterocycles. The lowest BCUT2D eigenvalue weighted by Crippen LogP contribution is -2.42. The Kier molecular flexibility index (Phi) is 8.04. The molecule has 5 nitrogen and oxygen atoms in total. The lowest BCUT2D eigenvalue weighted by atomic mass is 10.1. The fraction of sp³-hybridized carbons (Fsp3) is 0.269. The lowest BCUT2D eigenvalue weighted by molar-refractivity contribution is 0.0728. The Morgan fingerprint density at radius 2 is 1.64 bits per heavy atom. The summed E-state index contributed by atoms with van der Waals surface area (Å²) < 4.78 is 6.49. The molecular weight excluding hydrogens is 504 g/mol. The first-order valence-electron chi connectivity index (χ1n) is 10.8. The summed E-state index contributed by atoms with van der Waals surface area (Å²) in [5.74, 6) is 0. The van der Waals surface area contributed by atoms with Crippen LogP contribution in [0.5, 0.6) is 0 Å². The number of ether oxygens (including phenoxy) is 1. The van der Waals surface area contributed by atoms with Gasteiger partial charge in [0.05, 0.1) is 18.7 Å². The standard InChI is InChI=1S/C26H26BrClN2O3/c27-22-10-4-8-20(12-22)14-29(15-21-9-5-11-23(28)13-21)24-16-30(17-25(24)31)26(32)33-18-19-6-2-1-3-7-19/h1-13,24-25,31H,14-18H2/t24-,25-/m1/s1. The first kappa shape index (κ1) is 23.8. The second-order valence-electron chi connectivity index (χ2n) is 8.24. The van der Waals surface area contributed by atoms with Crippen molar-refractivity contribution in [1.82, 2.24) is 9.80 Å². The van der Waals surface area contributed by atoms with E-state index in [4.69, 9.17) is 16.3 Å². The zero-order chi connectivity index (χ0) is 23.2. The largest absolute Gasteiger partial charge is 0.445 e. The van der Waals surface area contributed by atoms with E-state index in [-0.39, 0.29) is 19.2 Å². The number of carbonyl (C=O) groups is 1. The van der Waals surface area contributed by atoms with E-state index in [9.17, 15) is 9.90 Å². The highest BCUT2D eigenvalue weighted by Crippen LogP contribution is 2.24. The van der Waals surface area contributed by atoms with Crippen molar-refractivity contribution in [2.75, 3.05) is 13.1 Å². The summed E-state index contributed by atoms with van der Waals surface area (Å²) in [6.07, 6.45) is -1.09. The molecule has 0 aliphatic carbocycles. The summed E-state index contributed by atoms with van der Waals surface area (Å²) >= 11 is 9.74. The van der Waals surface area contributed by atoms with E-state index < -0.39 is 12.2 Å². The molecule has 33 heavy (non-hydrogen) atoms. The van der Waals surface area contributed by atoms with E-state index >= 15 is 0 Å². The third-order valence-electron chi connectivity index (χ3n) is 5.74. The van der Waals surface area contributed by atoms with Crippen LogP contribution in [-0.2, 0) is 24.4 Å². The lowest BCUT2D eigenvalue weighted by Gasteiger charge is -2.31. The summed E-state index contributed by atoms with van der Waals surface area (Å²) in [5.41, 5.74) is 3.10. The average Bonchev–Trinajstić information content (AvgIpc) is 3.19. The van der Waals surface area contributed by atoms with E-state index in [0.29, 0.717) is 24.7 Å². The van der Waals surface area contributed by atoms with Crippen LogP contribution in [0.3, 0.4) is 0 Å². The van der Waals surface area contributed by atoms with Gasteiger partial charge in [0, 0.05) is 29.1 Å². The summed E-state index contributed by atoms with van der Waals surface area (Å²) in [4.78, 5) is 16.5. The molecule has 2 atom stereocenters. The minimum Gasteiger partial charge on any atom is -0.445 e. The van der Waals surface area contributed by atoms with Crippen LogP contribution in [0.25, 0.3) is 0 Å². The predicted molar refractivity (Wildman–Crippen MR) is 133 cm³/mol. The van der Waals surface area contributed by atoms with Crippen molar-refractivity contribution in [3.05, 3.63) is 105 Å². The number of aliphatic hydroxyl groups is 1. The van der Waals surface area contributed by atoms with Crippen molar-refractivity contribution >= 4 is 33.6 Å². The summed E-state index contributed by atoms with van der Waals surface area (Å²) in [5, 5.41) is 11.6. The Morgan fingerprint density at radius 1 is 0.970 bits per heavy atom. The minimum atomic E-state index is -0.680. The molecule has 0 saturated carbocycles. The maximum Gasteiger partial charge on any atom is 0.410 e. The van der Waals surface area contributed by atoms with E-state index in [2.05, 4.69) is 33.0 Å². The van der Waals surface area contributed by atoms with Gasteiger partial charge in [0.1, 0.15) is 6.61 Å². The van der Waals surface area contributed by atoms with Gasteiger partial charge in [-0.1, -0.05) is 82.1 Å². The smallest absolute Gasteiger partial charge is 0.410 e. The number of amides is 1. The third-order valence-corrected chi connectivity index (χ3v) is 6.47. The molecule has 3 aromatic rings. The highest BCUT2D eigenvalue weighted by Gasteiger charge is 2.38. The summed E-state index contributed by atoms with van der Waals surface area (Å²) in [6, 6.07) is 25.2. The molecule has 0 spiro atoms. The van der Waals surface area contributed by atoms with Gasteiger partial charge in [-0.3, -0.25) is 4.90 Å². The van der Waals surface area contributed by atoms with E-state index in [1.807, 2.05) is 66.7 Å². The fourth-order valence-electron chi connectivity index (χ4n) is 4.12. The first-order valence-corrected chi connectivity index (χ1v) is 12.0. The van der Waals surface area contributed by atoms with Crippen molar-refractivity contribution in [2.24, 2.45) is 0 Å². The molecule has 1 heterocycles. The van der Waals surface area contributed by atoms with Crippen LogP contribution in [0, 0.1) is 0 Å². The molecule has 0 radical (unpaired) electrons. The van der Waals surface area contributed by atoms with Gasteiger partial charge in [0.15, 0.2) is 0 Å². The number of rotatable bonds is 7. The molecule has 1 saturated heterocycles. The molecule has 0 aromatic heterocycles. The number of hydrogen-bond acceptors (Lipinski definition) is 4. The van der Waals surface area contributed by atoms with Gasteiger partial charge in [-0.25, -0.2) is 4.79 Å². The van der Waals surface area contributed by atoms with Gasteiger partial charge >= 0.3 is 6.09 Å². The number of β-amino-alcohol motifs (C(OH)–C–C–N with tert-alkyl or cyclic N) is 1. The van der Waals surface area contributed by atoms with Crippen molar-refractivity contribution in [3.8, 4) is 0 Å². The van der Waals surface area contributed by atoms with Crippen LogP contribution in [0.15, 0.2) is 83.3 Å². The zero-order valence-corrected chi connectivity index (χ0v) is 20.5. The van der Waals surface area contributed by atoms with Gasteiger partial charge < -0.3 is 14.7 Å². The molecule has 1 aliphatic rings. The second-order valence-corrected chi connectivity index (χ2v) is 9.60. The third kappa shape index (κ3) is 6.58. The molecule has 1 fully saturated rings. The van der Waals surface area contributed by atoms with Gasteiger partial charge in [-0.05, 0) is 41.0 Å². The number of halogens is 2. The van der Waals surface area contributed by atoms with Gasteiger partial charge in [-0.15, -0.1) is 0 Å². The number of hydrogen-bond donors (Lipinski definition) is 1. The van der Waals surface area contributed by atoms with Gasteiger partial charge in [0.25, 0.3) is 0 Å². The highest BCUT2D eigenvalue weighted by molar-refractivity contribution is 9.10. The number of likely N-dealkylation sites (tertiary alicyclic amines) is 1. The zero-order valence-electron chi connectivity index (χ0n) is 18.1. The van der Waals surface area contributed by atoms with E-state index in [1.54, 1.807) is 4.90 Å². The van der Waals surface area contributed by atoms with Crippen LogP contribution in [0.2, 0.25) is 5.02 Å². The first-order chi connectivity index (χ1) is 16.0. The summed E-state index contributed by atoms with van der Waals surface area (Å²) in [7, 11) is 0. The molecule has 1 amide bonds. The Labute approximate surface area is 207 Å². The SMILES string of the molecule is O=C(OCc1ccccc1)N1C[C@@H](O)[C@H](N(Cc2cccc(Cl)c2)Cc2cccc(Br)c2)C1. The van der Waals surface area contributed by atoms with E-state index in [1.165, 1.54) is 0 Å². The highest BCUT2D eigenvalue weighted by atomic mass is 79.9. The molecule has 7 heteroatoms. The number of nitrogens with zero attached hydrogens (tertiary/aromatic N) is 2. The maximum atomic E-state index is 12.7.